The molecule has 7 rings (SSSR count). The number of nitrogens with zero attached hydrogens (tertiary/aromatic N) is 1. The third-order valence-corrected chi connectivity index (χ3v) is 17.7. The Kier molecular flexibility index (Phi) is 21.0. The zero-order valence-corrected chi connectivity index (χ0v) is 46.8. The third kappa shape index (κ3) is 13.0. The lowest BCUT2D eigenvalue weighted by molar-refractivity contribution is 0.397. The molecule has 1 heteroatoms. The smallest absolute Gasteiger partial charge is 0.0465 e. The van der Waals surface area contributed by atoms with Crippen LogP contribution in [0.3, 0.4) is 0 Å². The predicted molar refractivity (Wildman–Crippen MR) is 314 cm³/mol. The van der Waals surface area contributed by atoms with Gasteiger partial charge in [0.1, 0.15) is 0 Å². The zero-order chi connectivity index (χ0) is 50.1. The number of hydrogen-bond acceptors (Lipinski definition) is 1. The van der Waals surface area contributed by atoms with Crippen molar-refractivity contribution in [1.82, 2.24) is 0 Å². The zero-order valence-electron chi connectivity index (χ0n) is 46.8. The van der Waals surface area contributed by atoms with Gasteiger partial charge in [-0.3, -0.25) is 0 Å². The molecule has 384 valence electrons. The van der Waals surface area contributed by atoms with Crippen molar-refractivity contribution >= 4 is 17.1 Å². The molecule has 0 spiro atoms. The van der Waals surface area contributed by atoms with Crippen LogP contribution in [-0.2, 0) is 10.8 Å². The average Bonchev–Trinajstić information content (AvgIpc) is 3.80. The molecule has 0 fully saturated rings. The number of fused-ring (bicyclic) bond motifs is 6. The van der Waals surface area contributed by atoms with E-state index in [0.717, 1.165) is 0 Å². The van der Waals surface area contributed by atoms with Crippen LogP contribution >= 0.6 is 0 Å². The van der Waals surface area contributed by atoms with Crippen molar-refractivity contribution in [3.8, 4) is 22.3 Å². The van der Waals surface area contributed by atoms with Gasteiger partial charge in [0, 0.05) is 27.9 Å². The lowest BCUT2D eigenvalue weighted by atomic mass is 9.70. The molecule has 0 bridgehead atoms. The first-order valence-corrected chi connectivity index (χ1v) is 30.2. The monoisotopic (exact) mass is 954 g/mol. The summed E-state index contributed by atoms with van der Waals surface area (Å²) in [5.74, 6) is 0.557. The number of aryl methyl sites for hydroxylation is 2. The van der Waals surface area contributed by atoms with Crippen LogP contribution in [0, 0.1) is 13.8 Å². The Hall–Kier alpha value is -4.10. The molecule has 0 saturated carbocycles. The van der Waals surface area contributed by atoms with E-state index in [1.54, 1.807) is 22.3 Å². The van der Waals surface area contributed by atoms with E-state index in [-0.39, 0.29) is 10.8 Å². The van der Waals surface area contributed by atoms with Gasteiger partial charge in [0.15, 0.2) is 0 Å². The fourth-order valence-electron chi connectivity index (χ4n) is 13.2. The first kappa shape index (κ1) is 54.7. The highest BCUT2D eigenvalue weighted by Crippen LogP contribution is 2.58. The van der Waals surface area contributed by atoms with E-state index in [2.05, 4.69) is 157 Å². The standard InChI is InChI=1S/C70H99N/c1-9-14-18-22-26-30-46-69(47-31-27-23-19-15-10-2)65-50-55(7)36-42-61(65)63-44-40-59(52-67(63)69)71(58-38-34-54(6)35-39-58)60-41-45-64-62-43-37-57(56(8)13-5)51-66(62)70(68(64)53-60,48-32-28-24-20-16-11-3)49-33-29-25-21-17-12-4/h34-45,50-53,56H,9-33,46-49H2,1-8H3. The minimum absolute atomic E-state index is 0.0134. The normalized spacial score (nSPS) is 14.3. The van der Waals surface area contributed by atoms with Crippen molar-refractivity contribution in [1.29, 1.82) is 0 Å². The number of unbranched alkanes of at least 4 members (excludes halogenated alkanes) is 20. The Balaban J connectivity index is 1.37. The highest BCUT2D eigenvalue weighted by atomic mass is 15.1. The summed E-state index contributed by atoms with van der Waals surface area (Å²) in [6.45, 7) is 18.7. The minimum atomic E-state index is 0.0134. The second-order valence-corrected chi connectivity index (χ2v) is 23.0. The molecular weight excluding hydrogens is 855 g/mol. The van der Waals surface area contributed by atoms with Crippen molar-refractivity contribution in [2.75, 3.05) is 4.90 Å². The molecule has 5 aromatic rings. The molecule has 0 amide bonds. The van der Waals surface area contributed by atoms with Crippen molar-refractivity contribution in [3.63, 3.8) is 0 Å². The van der Waals surface area contributed by atoms with Crippen LogP contribution in [-0.4, -0.2) is 0 Å². The highest BCUT2D eigenvalue weighted by molar-refractivity contribution is 5.89. The summed E-state index contributed by atoms with van der Waals surface area (Å²) in [4.78, 5) is 2.66. The van der Waals surface area contributed by atoms with Crippen LogP contribution in [0.15, 0.2) is 97.1 Å². The number of benzene rings is 5. The first-order chi connectivity index (χ1) is 34.7. The van der Waals surface area contributed by atoms with E-state index in [4.69, 9.17) is 0 Å². The Morgan fingerprint density at radius 1 is 0.338 bits per heavy atom. The fraction of sp³-hybridized carbons (Fsp3) is 0.571. The van der Waals surface area contributed by atoms with Crippen LogP contribution in [0.1, 0.15) is 273 Å². The maximum atomic E-state index is 2.71. The topological polar surface area (TPSA) is 3.24 Å². The van der Waals surface area contributed by atoms with E-state index in [0.29, 0.717) is 5.92 Å². The Bertz CT molecular complexity index is 2350. The van der Waals surface area contributed by atoms with Gasteiger partial charge in [-0.1, -0.05) is 267 Å². The maximum Gasteiger partial charge on any atom is 0.0465 e. The largest absolute Gasteiger partial charge is 0.310 e. The molecule has 0 aromatic heterocycles. The molecule has 0 heterocycles. The van der Waals surface area contributed by atoms with Crippen LogP contribution in [0.5, 0.6) is 0 Å². The number of rotatable bonds is 33. The first-order valence-electron chi connectivity index (χ1n) is 30.2. The summed E-state index contributed by atoms with van der Waals surface area (Å²) < 4.78 is 0. The molecule has 71 heavy (non-hydrogen) atoms. The second kappa shape index (κ2) is 27.3. The summed E-state index contributed by atoms with van der Waals surface area (Å²) in [7, 11) is 0. The van der Waals surface area contributed by atoms with Gasteiger partial charge in [0.05, 0.1) is 0 Å². The summed E-state index contributed by atoms with van der Waals surface area (Å²) in [6, 6.07) is 40.0. The van der Waals surface area contributed by atoms with E-state index in [9.17, 15) is 0 Å². The Morgan fingerprint density at radius 3 is 1.07 bits per heavy atom. The van der Waals surface area contributed by atoms with Crippen LogP contribution in [0.2, 0.25) is 0 Å². The van der Waals surface area contributed by atoms with E-state index in [1.165, 1.54) is 242 Å². The summed E-state index contributed by atoms with van der Waals surface area (Å²) in [6.07, 6.45) is 38.2. The van der Waals surface area contributed by atoms with Gasteiger partial charge in [0.25, 0.3) is 0 Å². The highest BCUT2D eigenvalue weighted by Gasteiger charge is 2.45. The van der Waals surface area contributed by atoms with Gasteiger partial charge in [-0.25, -0.2) is 0 Å². The van der Waals surface area contributed by atoms with Crippen molar-refractivity contribution in [2.24, 2.45) is 0 Å². The van der Waals surface area contributed by atoms with Gasteiger partial charge in [-0.15, -0.1) is 0 Å². The molecule has 1 unspecified atom stereocenters. The molecule has 0 saturated heterocycles. The van der Waals surface area contributed by atoms with E-state index < -0.39 is 0 Å². The minimum Gasteiger partial charge on any atom is -0.310 e. The summed E-state index contributed by atoms with van der Waals surface area (Å²) in [5.41, 5.74) is 20.5. The van der Waals surface area contributed by atoms with Crippen molar-refractivity contribution in [3.05, 3.63) is 136 Å². The molecule has 2 aliphatic rings. The molecule has 0 N–H and O–H groups in total. The molecular formula is C70H99N. The molecule has 0 aliphatic heterocycles. The lowest BCUT2D eigenvalue weighted by Crippen LogP contribution is -2.26. The van der Waals surface area contributed by atoms with Crippen LogP contribution in [0.4, 0.5) is 17.1 Å². The molecule has 1 nitrogen and oxygen atoms in total. The molecule has 5 aromatic carbocycles. The molecule has 0 radical (unpaired) electrons. The average molecular weight is 955 g/mol. The number of anilines is 3. The van der Waals surface area contributed by atoms with Crippen LogP contribution in [0.25, 0.3) is 22.3 Å². The SMILES string of the molecule is CCCCCCCCC1(CCCCCCCC)c2cc(C)ccc2-c2ccc(N(c3ccc(C)cc3)c3ccc4c(c3)C(CCCCCCCC)(CCCCCCCC)c3cc(C(C)CC)ccc3-4)cc21. The predicted octanol–water partition coefficient (Wildman–Crippen LogP) is 22.8. The van der Waals surface area contributed by atoms with Gasteiger partial charge in [0.2, 0.25) is 0 Å². The maximum absolute atomic E-state index is 2.71. The molecule has 2 aliphatic carbocycles. The van der Waals surface area contributed by atoms with Gasteiger partial charge in [-0.05, 0) is 138 Å². The fourth-order valence-corrected chi connectivity index (χ4v) is 13.2. The van der Waals surface area contributed by atoms with Crippen molar-refractivity contribution in [2.45, 2.75) is 258 Å². The van der Waals surface area contributed by atoms with Gasteiger partial charge < -0.3 is 4.90 Å². The Morgan fingerprint density at radius 2 is 0.662 bits per heavy atom. The molecule has 1 atom stereocenters. The Labute approximate surface area is 436 Å². The summed E-state index contributed by atoms with van der Waals surface area (Å²) in [5, 5.41) is 0. The lowest BCUT2D eigenvalue weighted by Gasteiger charge is -2.35. The van der Waals surface area contributed by atoms with Gasteiger partial charge >= 0.3 is 0 Å². The quantitative estimate of drug-likeness (QED) is 0.0379. The third-order valence-electron chi connectivity index (χ3n) is 17.7. The van der Waals surface area contributed by atoms with E-state index >= 15 is 0 Å². The second-order valence-electron chi connectivity index (χ2n) is 23.0. The summed E-state index contributed by atoms with van der Waals surface area (Å²) >= 11 is 0. The van der Waals surface area contributed by atoms with Crippen molar-refractivity contribution < 1.29 is 0 Å². The number of hydrogen-bond donors (Lipinski definition) is 0. The van der Waals surface area contributed by atoms with Gasteiger partial charge in [-0.2, -0.15) is 0 Å². The van der Waals surface area contributed by atoms with Crippen LogP contribution < -0.4 is 4.90 Å². The van der Waals surface area contributed by atoms with E-state index in [1.807, 2.05) is 0 Å².